The monoisotopic (exact) mass is 413 g/mol. The highest BCUT2D eigenvalue weighted by molar-refractivity contribution is 7.99. The third-order valence-electron chi connectivity index (χ3n) is 3.97. The van der Waals surface area contributed by atoms with Crippen LogP contribution in [0, 0.1) is 11.7 Å². The van der Waals surface area contributed by atoms with E-state index in [4.69, 9.17) is 4.74 Å². The molecule has 3 aromatic rings. The molecule has 1 aromatic heterocycles. The minimum Gasteiger partial charge on any atom is -0.497 e. The molecular weight excluding hydrogens is 389 g/mol. The highest BCUT2D eigenvalue weighted by Crippen LogP contribution is 2.28. The summed E-state index contributed by atoms with van der Waals surface area (Å²) in [5.41, 5.74) is 0.574. The highest BCUT2D eigenvalue weighted by atomic mass is 32.2. The van der Waals surface area contributed by atoms with Gasteiger partial charge in [0.15, 0.2) is 5.16 Å². The number of nitrogens with zero attached hydrogens (tertiary/aromatic N) is 3. The molecule has 0 aliphatic heterocycles. The van der Waals surface area contributed by atoms with E-state index in [1.165, 1.54) is 23.9 Å². The first-order valence-electron chi connectivity index (χ1n) is 9.36. The first-order chi connectivity index (χ1) is 14.0. The second kappa shape index (κ2) is 10.1. The molecule has 0 unspecified atom stereocenters. The van der Waals surface area contributed by atoms with E-state index in [1.807, 2.05) is 24.3 Å². The second-order valence-corrected chi connectivity index (χ2v) is 7.83. The summed E-state index contributed by atoms with van der Waals surface area (Å²) < 4.78 is 18.7. The maximum Gasteiger partial charge on any atom is 0.233 e. The summed E-state index contributed by atoms with van der Waals surface area (Å²) in [6.07, 6.45) is 0.999. The Morgan fingerprint density at radius 2 is 1.79 bits per heavy atom. The smallest absolute Gasteiger partial charge is 0.233 e. The fourth-order valence-corrected chi connectivity index (χ4v) is 3.20. The Bertz CT molecular complexity index is 937. The predicted octanol–water partition coefficient (Wildman–Crippen LogP) is 5.37. The summed E-state index contributed by atoms with van der Waals surface area (Å²) in [6.45, 7) is 5.09. The number of benzene rings is 2. The van der Waals surface area contributed by atoms with E-state index in [0.29, 0.717) is 28.7 Å². The molecule has 3 rings (SSSR count). The van der Waals surface area contributed by atoms with E-state index in [2.05, 4.69) is 39.4 Å². The SMILES string of the molecule is COc1ccc(Sc2nc(NCCC(C)C)nc(Nc3cccc(F)c3)n2)cc1. The molecule has 1 heterocycles. The molecule has 0 aliphatic rings. The number of aromatic nitrogens is 3. The molecule has 0 saturated heterocycles. The lowest BCUT2D eigenvalue weighted by Crippen LogP contribution is -2.10. The third kappa shape index (κ3) is 6.60. The number of hydrogen-bond acceptors (Lipinski definition) is 7. The van der Waals surface area contributed by atoms with Crippen LogP contribution in [0.3, 0.4) is 0 Å². The van der Waals surface area contributed by atoms with Crippen LogP contribution in [-0.4, -0.2) is 28.6 Å². The van der Waals surface area contributed by atoms with Crippen molar-refractivity contribution in [2.24, 2.45) is 5.92 Å². The second-order valence-electron chi connectivity index (χ2n) is 6.79. The molecule has 0 fully saturated rings. The van der Waals surface area contributed by atoms with Crippen molar-refractivity contribution in [3.63, 3.8) is 0 Å². The van der Waals surface area contributed by atoms with Crippen LogP contribution >= 0.6 is 11.8 Å². The average Bonchev–Trinajstić information content (AvgIpc) is 2.68. The molecule has 0 bridgehead atoms. The number of hydrogen-bond donors (Lipinski definition) is 2. The van der Waals surface area contributed by atoms with Gasteiger partial charge < -0.3 is 15.4 Å². The van der Waals surface area contributed by atoms with Crippen molar-refractivity contribution in [2.45, 2.75) is 30.3 Å². The Labute approximate surface area is 174 Å². The Morgan fingerprint density at radius 1 is 1.03 bits per heavy atom. The molecule has 0 amide bonds. The van der Waals surface area contributed by atoms with E-state index in [1.54, 1.807) is 19.2 Å². The van der Waals surface area contributed by atoms with Crippen LogP contribution in [0.4, 0.5) is 22.0 Å². The summed E-state index contributed by atoms with van der Waals surface area (Å²) >= 11 is 1.42. The van der Waals surface area contributed by atoms with Crippen LogP contribution < -0.4 is 15.4 Å². The van der Waals surface area contributed by atoms with Crippen molar-refractivity contribution in [3.05, 3.63) is 54.3 Å². The number of halogens is 1. The van der Waals surface area contributed by atoms with E-state index in [-0.39, 0.29) is 5.82 Å². The van der Waals surface area contributed by atoms with Gasteiger partial charge in [-0.1, -0.05) is 19.9 Å². The van der Waals surface area contributed by atoms with Gasteiger partial charge in [-0.15, -0.1) is 0 Å². The van der Waals surface area contributed by atoms with E-state index in [9.17, 15) is 4.39 Å². The summed E-state index contributed by atoms with van der Waals surface area (Å²) in [5.74, 6) is 1.87. The molecule has 8 heteroatoms. The third-order valence-corrected chi connectivity index (χ3v) is 4.84. The summed E-state index contributed by atoms with van der Waals surface area (Å²) in [6, 6.07) is 13.8. The summed E-state index contributed by atoms with van der Waals surface area (Å²) in [5, 5.41) is 6.84. The summed E-state index contributed by atoms with van der Waals surface area (Å²) in [7, 11) is 1.63. The lowest BCUT2D eigenvalue weighted by atomic mass is 10.1. The number of rotatable bonds is 9. The first kappa shape index (κ1) is 20.9. The molecule has 2 N–H and O–H groups in total. The molecule has 0 aliphatic carbocycles. The standard InChI is InChI=1S/C21H24FN5OS/c1-14(2)11-12-23-19-25-20(24-16-6-4-5-15(22)13-16)27-21(26-19)29-18-9-7-17(28-3)8-10-18/h4-10,13-14H,11-12H2,1-3H3,(H2,23,24,25,26,27). The number of anilines is 3. The molecule has 0 spiro atoms. The topological polar surface area (TPSA) is 72.0 Å². The van der Waals surface area contributed by atoms with Crippen molar-refractivity contribution in [1.82, 2.24) is 15.0 Å². The average molecular weight is 414 g/mol. The Balaban J connectivity index is 1.82. The van der Waals surface area contributed by atoms with Crippen LogP contribution in [0.15, 0.2) is 58.6 Å². The Morgan fingerprint density at radius 3 is 2.48 bits per heavy atom. The van der Waals surface area contributed by atoms with Crippen LogP contribution in [0.2, 0.25) is 0 Å². The van der Waals surface area contributed by atoms with Gasteiger partial charge in [-0.25, -0.2) is 4.39 Å². The summed E-state index contributed by atoms with van der Waals surface area (Å²) in [4.78, 5) is 14.4. The highest BCUT2D eigenvalue weighted by Gasteiger charge is 2.10. The fourth-order valence-electron chi connectivity index (χ4n) is 2.45. The van der Waals surface area contributed by atoms with Crippen molar-refractivity contribution in [3.8, 4) is 5.75 Å². The zero-order chi connectivity index (χ0) is 20.6. The molecule has 152 valence electrons. The van der Waals surface area contributed by atoms with Crippen molar-refractivity contribution in [1.29, 1.82) is 0 Å². The number of ether oxygens (including phenoxy) is 1. The molecular formula is C21H24FN5OS. The Kier molecular flexibility index (Phi) is 7.24. The molecule has 0 saturated carbocycles. The van der Waals surface area contributed by atoms with E-state index in [0.717, 1.165) is 23.6 Å². The van der Waals surface area contributed by atoms with Gasteiger partial charge in [-0.2, -0.15) is 15.0 Å². The van der Waals surface area contributed by atoms with Crippen molar-refractivity contribution >= 4 is 29.3 Å². The molecule has 29 heavy (non-hydrogen) atoms. The van der Waals surface area contributed by atoms with Crippen LogP contribution in [0.25, 0.3) is 0 Å². The predicted molar refractivity (Wildman–Crippen MR) is 115 cm³/mol. The molecule has 2 aromatic carbocycles. The maximum absolute atomic E-state index is 13.5. The van der Waals surface area contributed by atoms with Crippen LogP contribution in [-0.2, 0) is 0 Å². The zero-order valence-corrected chi connectivity index (χ0v) is 17.5. The number of methoxy groups -OCH3 is 1. The van der Waals surface area contributed by atoms with Gasteiger partial charge in [-0.3, -0.25) is 0 Å². The van der Waals surface area contributed by atoms with Crippen molar-refractivity contribution < 1.29 is 9.13 Å². The van der Waals surface area contributed by atoms with Crippen LogP contribution in [0.5, 0.6) is 5.75 Å². The zero-order valence-electron chi connectivity index (χ0n) is 16.6. The van der Waals surface area contributed by atoms with Gasteiger partial charge in [0.1, 0.15) is 11.6 Å². The van der Waals surface area contributed by atoms with Gasteiger partial charge >= 0.3 is 0 Å². The molecule has 0 radical (unpaired) electrons. The minimum atomic E-state index is -0.327. The van der Waals surface area contributed by atoms with Gasteiger partial charge in [-0.05, 0) is 66.6 Å². The van der Waals surface area contributed by atoms with E-state index < -0.39 is 0 Å². The van der Waals surface area contributed by atoms with Gasteiger partial charge in [0.2, 0.25) is 11.9 Å². The first-order valence-corrected chi connectivity index (χ1v) is 10.2. The lowest BCUT2D eigenvalue weighted by Gasteiger charge is -2.11. The molecule has 6 nitrogen and oxygen atoms in total. The quantitative estimate of drug-likeness (QED) is 0.488. The van der Waals surface area contributed by atoms with Gasteiger partial charge in [0.05, 0.1) is 7.11 Å². The van der Waals surface area contributed by atoms with E-state index >= 15 is 0 Å². The maximum atomic E-state index is 13.5. The molecule has 0 atom stereocenters. The minimum absolute atomic E-state index is 0.327. The number of nitrogens with one attached hydrogen (secondary N) is 2. The van der Waals surface area contributed by atoms with Gasteiger partial charge in [0, 0.05) is 17.1 Å². The van der Waals surface area contributed by atoms with Crippen molar-refractivity contribution in [2.75, 3.05) is 24.3 Å². The Hall–Kier alpha value is -2.87. The normalized spacial score (nSPS) is 10.8. The lowest BCUT2D eigenvalue weighted by molar-refractivity contribution is 0.414. The fraction of sp³-hybridized carbons (Fsp3) is 0.286. The van der Waals surface area contributed by atoms with Crippen LogP contribution in [0.1, 0.15) is 20.3 Å². The largest absolute Gasteiger partial charge is 0.497 e. The van der Waals surface area contributed by atoms with Gasteiger partial charge in [0.25, 0.3) is 0 Å².